The van der Waals surface area contributed by atoms with E-state index in [2.05, 4.69) is 44.0 Å². The summed E-state index contributed by atoms with van der Waals surface area (Å²) in [5, 5.41) is 7.45. The van der Waals surface area contributed by atoms with E-state index in [1.165, 1.54) is 50.3 Å². The lowest BCUT2D eigenvalue weighted by atomic mass is 9.92. The van der Waals surface area contributed by atoms with Gasteiger partial charge in [-0.2, -0.15) is 5.10 Å². The van der Waals surface area contributed by atoms with Gasteiger partial charge in [0.1, 0.15) is 0 Å². The van der Waals surface area contributed by atoms with Crippen LogP contribution in [0.2, 0.25) is 0 Å². The zero-order chi connectivity index (χ0) is 16.4. The highest BCUT2D eigenvalue weighted by atomic mass is 15.2. The summed E-state index contributed by atoms with van der Waals surface area (Å²) in [4.78, 5) is 9.45. The predicted octanol–water partition coefficient (Wildman–Crippen LogP) is 2.46. The summed E-state index contributed by atoms with van der Waals surface area (Å²) in [7, 11) is 0. The summed E-state index contributed by atoms with van der Waals surface area (Å²) < 4.78 is 0. The van der Waals surface area contributed by atoms with Gasteiger partial charge in [-0.25, -0.2) is 0 Å². The minimum absolute atomic E-state index is 0.851. The van der Waals surface area contributed by atoms with Crippen molar-refractivity contribution in [1.82, 2.24) is 25.0 Å². The average molecular weight is 325 g/mol. The number of hydrogen-bond donors (Lipinski definition) is 1. The van der Waals surface area contributed by atoms with Crippen molar-refractivity contribution in [1.29, 1.82) is 0 Å². The number of H-pyrrole nitrogens is 1. The molecule has 4 rings (SSSR count). The molecule has 2 aromatic heterocycles. The molecule has 2 saturated heterocycles. The molecule has 24 heavy (non-hydrogen) atoms. The van der Waals surface area contributed by atoms with Crippen LogP contribution in [0.3, 0.4) is 0 Å². The van der Waals surface area contributed by atoms with Gasteiger partial charge in [0.05, 0.1) is 5.69 Å². The van der Waals surface area contributed by atoms with E-state index >= 15 is 0 Å². The van der Waals surface area contributed by atoms with Crippen molar-refractivity contribution in [3.8, 4) is 0 Å². The number of likely N-dealkylation sites (tertiary alicyclic amines) is 2. The summed E-state index contributed by atoms with van der Waals surface area (Å²) in [6.45, 7) is 9.01. The number of nitrogens with one attached hydrogen (secondary N) is 1. The first-order valence-corrected chi connectivity index (χ1v) is 9.11. The van der Waals surface area contributed by atoms with Crippen molar-refractivity contribution in [3.63, 3.8) is 0 Å². The van der Waals surface area contributed by atoms with Gasteiger partial charge in [-0.15, -0.1) is 0 Å². The van der Waals surface area contributed by atoms with Crippen LogP contribution in [-0.2, 0) is 13.1 Å². The molecule has 0 aromatic carbocycles. The van der Waals surface area contributed by atoms with Gasteiger partial charge in [-0.1, -0.05) is 6.07 Å². The monoisotopic (exact) mass is 325 g/mol. The molecule has 4 heterocycles. The van der Waals surface area contributed by atoms with Gasteiger partial charge in [-0.3, -0.25) is 19.9 Å². The van der Waals surface area contributed by atoms with Crippen LogP contribution in [0.4, 0.5) is 0 Å². The van der Waals surface area contributed by atoms with Crippen molar-refractivity contribution in [2.24, 2.45) is 11.8 Å². The maximum atomic E-state index is 4.39. The summed E-state index contributed by atoms with van der Waals surface area (Å²) in [5.41, 5.74) is 3.67. The number of aromatic amines is 1. The number of pyridine rings is 1. The number of nitrogens with zero attached hydrogens (tertiary/aromatic N) is 4. The standard InChI is InChI=1S/C19H27N5/c1-15-9-19(22-21-15)14-24-12-17-4-7-23(8-5-18(17)13-24)11-16-3-2-6-20-10-16/h2-3,6,9-10,17-18H,4-5,7-8,11-14H2,1H3,(H,21,22)/t17-,18+. The topological polar surface area (TPSA) is 48.1 Å². The molecule has 2 fully saturated rings. The lowest BCUT2D eigenvalue weighted by Crippen LogP contribution is -2.27. The second kappa shape index (κ2) is 7.03. The molecule has 0 unspecified atom stereocenters. The molecule has 1 N–H and O–H groups in total. The number of aromatic nitrogens is 3. The second-order valence-electron chi connectivity index (χ2n) is 7.47. The summed E-state index contributed by atoms with van der Waals surface area (Å²) in [6.07, 6.45) is 6.49. The molecule has 2 aromatic rings. The zero-order valence-corrected chi connectivity index (χ0v) is 14.5. The Labute approximate surface area is 144 Å². The van der Waals surface area contributed by atoms with E-state index in [1.807, 2.05) is 18.5 Å². The number of hydrogen-bond acceptors (Lipinski definition) is 4. The largest absolute Gasteiger partial charge is 0.299 e. The fourth-order valence-corrected chi connectivity index (χ4v) is 4.32. The van der Waals surface area contributed by atoms with E-state index in [4.69, 9.17) is 0 Å². The van der Waals surface area contributed by atoms with Crippen LogP contribution in [0, 0.1) is 18.8 Å². The van der Waals surface area contributed by atoms with Crippen molar-refractivity contribution < 1.29 is 0 Å². The molecular weight excluding hydrogens is 298 g/mol. The molecule has 0 aliphatic carbocycles. The maximum Gasteiger partial charge on any atom is 0.0765 e. The molecule has 5 nitrogen and oxygen atoms in total. The molecule has 2 aliphatic rings. The Balaban J connectivity index is 1.30. The quantitative estimate of drug-likeness (QED) is 0.938. The van der Waals surface area contributed by atoms with Gasteiger partial charge in [0.25, 0.3) is 0 Å². The van der Waals surface area contributed by atoms with Crippen molar-refractivity contribution in [2.45, 2.75) is 32.9 Å². The third kappa shape index (κ3) is 3.68. The fourth-order valence-electron chi connectivity index (χ4n) is 4.32. The van der Waals surface area contributed by atoms with Gasteiger partial charge in [0.15, 0.2) is 0 Å². The van der Waals surface area contributed by atoms with E-state index in [9.17, 15) is 0 Å². The second-order valence-corrected chi connectivity index (χ2v) is 7.47. The molecule has 0 spiro atoms. The normalized spacial score (nSPS) is 25.5. The fraction of sp³-hybridized carbons (Fsp3) is 0.579. The molecule has 128 valence electrons. The maximum absolute atomic E-state index is 4.39. The first-order valence-electron chi connectivity index (χ1n) is 9.11. The first-order chi connectivity index (χ1) is 11.8. The molecule has 2 aliphatic heterocycles. The van der Waals surface area contributed by atoms with Crippen LogP contribution in [0.25, 0.3) is 0 Å². The van der Waals surface area contributed by atoms with Gasteiger partial charge in [-0.05, 0) is 62.4 Å². The summed E-state index contributed by atoms with van der Waals surface area (Å²) in [6, 6.07) is 6.40. The highest BCUT2D eigenvalue weighted by molar-refractivity contribution is 5.09. The number of fused-ring (bicyclic) bond motifs is 1. The lowest BCUT2D eigenvalue weighted by molar-refractivity contribution is 0.248. The molecular formula is C19H27N5. The Bertz CT molecular complexity index is 637. The Morgan fingerprint density at radius 2 is 1.92 bits per heavy atom. The van der Waals surface area contributed by atoms with Crippen molar-refractivity contribution in [2.75, 3.05) is 26.2 Å². The summed E-state index contributed by atoms with van der Waals surface area (Å²) in [5.74, 6) is 1.70. The summed E-state index contributed by atoms with van der Waals surface area (Å²) >= 11 is 0. The van der Waals surface area contributed by atoms with E-state index in [1.54, 1.807) is 0 Å². The highest BCUT2D eigenvalue weighted by Crippen LogP contribution is 2.32. The smallest absolute Gasteiger partial charge is 0.0765 e. The van der Waals surface area contributed by atoms with Gasteiger partial charge in [0.2, 0.25) is 0 Å². The van der Waals surface area contributed by atoms with Crippen LogP contribution >= 0.6 is 0 Å². The van der Waals surface area contributed by atoms with Crippen LogP contribution < -0.4 is 0 Å². The van der Waals surface area contributed by atoms with Crippen molar-refractivity contribution in [3.05, 3.63) is 47.5 Å². The molecule has 0 saturated carbocycles. The Morgan fingerprint density at radius 3 is 2.54 bits per heavy atom. The predicted molar refractivity (Wildman–Crippen MR) is 94.3 cm³/mol. The molecule has 5 heteroatoms. The minimum atomic E-state index is 0.851. The van der Waals surface area contributed by atoms with E-state index < -0.39 is 0 Å². The highest BCUT2D eigenvalue weighted by Gasteiger charge is 2.34. The Morgan fingerprint density at radius 1 is 1.12 bits per heavy atom. The Kier molecular flexibility index (Phi) is 4.63. The average Bonchev–Trinajstić information content (AvgIpc) is 3.12. The van der Waals surface area contributed by atoms with Crippen LogP contribution in [0.5, 0.6) is 0 Å². The van der Waals surface area contributed by atoms with Gasteiger partial charge >= 0.3 is 0 Å². The Hall–Kier alpha value is -1.72. The molecule has 0 bridgehead atoms. The van der Waals surface area contributed by atoms with E-state index in [0.29, 0.717) is 0 Å². The van der Waals surface area contributed by atoms with Crippen molar-refractivity contribution >= 4 is 0 Å². The van der Waals surface area contributed by atoms with Gasteiger partial charge in [0, 0.05) is 44.3 Å². The van der Waals surface area contributed by atoms with E-state index in [-0.39, 0.29) is 0 Å². The number of aryl methyl sites for hydroxylation is 1. The first kappa shape index (κ1) is 15.8. The van der Waals surface area contributed by atoms with Gasteiger partial charge < -0.3 is 0 Å². The van der Waals surface area contributed by atoms with Crippen LogP contribution in [-0.4, -0.2) is 51.2 Å². The zero-order valence-electron chi connectivity index (χ0n) is 14.5. The number of rotatable bonds is 4. The lowest BCUT2D eigenvalue weighted by Gasteiger charge is -2.21. The molecule has 0 radical (unpaired) electrons. The third-order valence-electron chi connectivity index (χ3n) is 5.56. The van der Waals surface area contributed by atoms with Crippen LogP contribution in [0.1, 0.15) is 29.8 Å². The molecule has 0 amide bonds. The third-order valence-corrected chi connectivity index (χ3v) is 5.56. The van der Waals surface area contributed by atoms with E-state index in [0.717, 1.165) is 30.6 Å². The minimum Gasteiger partial charge on any atom is -0.299 e. The SMILES string of the molecule is Cc1cc(CN2C[C@H]3CCN(Cc4cccnc4)CC[C@H]3C2)n[nH]1. The van der Waals surface area contributed by atoms with Crippen LogP contribution in [0.15, 0.2) is 30.6 Å². The molecule has 2 atom stereocenters.